The highest BCUT2D eigenvalue weighted by Gasteiger charge is 2.06. The minimum Gasteiger partial charge on any atom is -0.329 e. The first-order chi connectivity index (χ1) is 9.40. The summed E-state index contributed by atoms with van der Waals surface area (Å²) in [6, 6.07) is 19.4. The SMILES string of the molecule is NCCNCc1c2ccccc2cc2ccccc12. The largest absolute Gasteiger partial charge is 0.329 e. The van der Waals surface area contributed by atoms with E-state index in [1.165, 1.54) is 27.1 Å². The van der Waals surface area contributed by atoms with Crippen molar-refractivity contribution in [3.05, 3.63) is 60.2 Å². The third-order valence-corrected chi connectivity index (χ3v) is 3.51. The molecular weight excluding hydrogens is 232 g/mol. The lowest BCUT2D eigenvalue weighted by Crippen LogP contribution is -2.22. The van der Waals surface area contributed by atoms with Crippen LogP contribution in [0.5, 0.6) is 0 Å². The molecule has 0 atom stereocenters. The first-order valence-electron chi connectivity index (χ1n) is 6.70. The maximum Gasteiger partial charge on any atom is 0.0218 e. The normalized spacial score (nSPS) is 11.2. The molecule has 0 amide bonds. The quantitative estimate of drug-likeness (QED) is 0.551. The Bertz CT molecular complexity index is 650. The van der Waals surface area contributed by atoms with Gasteiger partial charge in [0.15, 0.2) is 0 Å². The average Bonchev–Trinajstić information content (AvgIpc) is 2.46. The van der Waals surface area contributed by atoms with Gasteiger partial charge in [0.1, 0.15) is 0 Å². The highest BCUT2D eigenvalue weighted by atomic mass is 14.9. The molecule has 0 aromatic heterocycles. The van der Waals surface area contributed by atoms with Gasteiger partial charge in [-0.25, -0.2) is 0 Å². The highest BCUT2D eigenvalue weighted by Crippen LogP contribution is 2.28. The maximum atomic E-state index is 5.56. The van der Waals surface area contributed by atoms with E-state index in [2.05, 4.69) is 59.9 Å². The Morgan fingerprint density at radius 1 is 0.842 bits per heavy atom. The molecule has 3 N–H and O–H groups in total. The summed E-state index contributed by atoms with van der Waals surface area (Å²) in [6.07, 6.45) is 0. The standard InChI is InChI=1S/C17H18N2/c18-9-10-19-12-17-15-7-3-1-5-13(15)11-14-6-2-4-8-16(14)17/h1-8,11,19H,9-10,12,18H2. The molecule has 0 aliphatic rings. The summed E-state index contributed by atoms with van der Waals surface area (Å²) in [6.45, 7) is 2.37. The van der Waals surface area contributed by atoms with Gasteiger partial charge in [-0.3, -0.25) is 0 Å². The van der Waals surface area contributed by atoms with Gasteiger partial charge in [-0.2, -0.15) is 0 Å². The van der Waals surface area contributed by atoms with E-state index in [1.807, 2.05) is 0 Å². The topological polar surface area (TPSA) is 38.0 Å². The fourth-order valence-corrected chi connectivity index (χ4v) is 2.61. The maximum absolute atomic E-state index is 5.56. The zero-order valence-electron chi connectivity index (χ0n) is 10.9. The van der Waals surface area contributed by atoms with Gasteiger partial charge in [0, 0.05) is 19.6 Å². The van der Waals surface area contributed by atoms with E-state index in [1.54, 1.807) is 0 Å². The van der Waals surface area contributed by atoms with Gasteiger partial charge >= 0.3 is 0 Å². The average molecular weight is 250 g/mol. The summed E-state index contributed by atoms with van der Waals surface area (Å²) < 4.78 is 0. The predicted octanol–water partition coefficient (Wildman–Crippen LogP) is 3.04. The summed E-state index contributed by atoms with van der Waals surface area (Å²) in [5.41, 5.74) is 6.92. The van der Waals surface area contributed by atoms with Gasteiger partial charge < -0.3 is 11.1 Å². The predicted molar refractivity (Wildman–Crippen MR) is 82.2 cm³/mol. The van der Waals surface area contributed by atoms with Crippen LogP contribution in [0.15, 0.2) is 54.6 Å². The van der Waals surface area contributed by atoms with Gasteiger partial charge in [-0.05, 0) is 33.2 Å². The second-order valence-corrected chi connectivity index (χ2v) is 4.76. The molecule has 3 rings (SSSR count). The van der Waals surface area contributed by atoms with Crippen LogP contribution in [-0.2, 0) is 6.54 Å². The molecule has 0 unspecified atom stereocenters. The fraction of sp³-hybridized carbons (Fsp3) is 0.176. The molecule has 0 aliphatic carbocycles. The smallest absolute Gasteiger partial charge is 0.0218 e. The molecule has 96 valence electrons. The molecule has 3 aromatic rings. The van der Waals surface area contributed by atoms with E-state index < -0.39 is 0 Å². The lowest BCUT2D eigenvalue weighted by Gasteiger charge is -2.12. The zero-order chi connectivity index (χ0) is 13.1. The van der Waals surface area contributed by atoms with Crippen LogP contribution in [0, 0.1) is 0 Å². The molecule has 0 saturated carbocycles. The molecule has 0 spiro atoms. The third kappa shape index (κ3) is 2.33. The van der Waals surface area contributed by atoms with Crippen LogP contribution in [0.4, 0.5) is 0 Å². The number of hydrogen-bond donors (Lipinski definition) is 2. The Kier molecular flexibility index (Phi) is 3.45. The summed E-state index contributed by atoms with van der Waals surface area (Å²) in [4.78, 5) is 0. The van der Waals surface area contributed by atoms with Gasteiger partial charge in [0.05, 0.1) is 0 Å². The van der Waals surface area contributed by atoms with Crippen molar-refractivity contribution in [2.45, 2.75) is 6.54 Å². The van der Waals surface area contributed by atoms with Gasteiger partial charge in [0.25, 0.3) is 0 Å². The Labute approximate surface area is 113 Å². The minimum absolute atomic E-state index is 0.669. The van der Waals surface area contributed by atoms with E-state index in [9.17, 15) is 0 Å². The van der Waals surface area contributed by atoms with Crippen molar-refractivity contribution >= 4 is 21.5 Å². The number of nitrogens with two attached hydrogens (primary N) is 1. The summed E-state index contributed by atoms with van der Waals surface area (Å²) >= 11 is 0. The molecule has 0 fully saturated rings. The van der Waals surface area contributed by atoms with Crippen molar-refractivity contribution < 1.29 is 0 Å². The number of nitrogens with one attached hydrogen (secondary N) is 1. The summed E-state index contributed by atoms with van der Waals surface area (Å²) in [5.74, 6) is 0. The molecule has 2 nitrogen and oxygen atoms in total. The first kappa shape index (κ1) is 12.2. The van der Waals surface area contributed by atoms with Crippen LogP contribution in [0.1, 0.15) is 5.56 Å². The van der Waals surface area contributed by atoms with E-state index in [-0.39, 0.29) is 0 Å². The molecule has 2 heteroatoms. The fourth-order valence-electron chi connectivity index (χ4n) is 2.61. The second-order valence-electron chi connectivity index (χ2n) is 4.76. The Hall–Kier alpha value is -1.90. The number of hydrogen-bond acceptors (Lipinski definition) is 2. The van der Waals surface area contributed by atoms with Crippen LogP contribution >= 0.6 is 0 Å². The van der Waals surface area contributed by atoms with Crippen LogP contribution < -0.4 is 11.1 Å². The molecule has 19 heavy (non-hydrogen) atoms. The van der Waals surface area contributed by atoms with E-state index in [4.69, 9.17) is 5.73 Å². The van der Waals surface area contributed by atoms with Crippen LogP contribution in [0.2, 0.25) is 0 Å². The van der Waals surface area contributed by atoms with Crippen LogP contribution in [0.3, 0.4) is 0 Å². The van der Waals surface area contributed by atoms with Crippen molar-refractivity contribution in [2.75, 3.05) is 13.1 Å². The minimum atomic E-state index is 0.669. The lowest BCUT2D eigenvalue weighted by atomic mass is 9.97. The zero-order valence-corrected chi connectivity index (χ0v) is 10.9. The van der Waals surface area contributed by atoms with E-state index >= 15 is 0 Å². The molecular formula is C17H18N2. The number of fused-ring (bicyclic) bond motifs is 2. The van der Waals surface area contributed by atoms with Crippen LogP contribution in [-0.4, -0.2) is 13.1 Å². The molecule has 0 aliphatic heterocycles. The summed E-state index contributed by atoms with van der Waals surface area (Å²) in [7, 11) is 0. The monoisotopic (exact) mass is 250 g/mol. The van der Waals surface area contributed by atoms with Crippen molar-refractivity contribution in [1.82, 2.24) is 5.32 Å². The van der Waals surface area contributed by atoms with E-state index in [0.717, 1.165) is 13.1 Å². The van der Waals surface area contributed by atoms with Gasteiger partial charge in [-0.1, -0.05) is 48.5 Å². The van der Waals surface area contributed by atoms with Gasteiger partial charge in [0.2, 0.25) is 0 Å². The number of benzene rings is 3. The summed E-state index contributed by atoms with van der Waals surface area (Å²) in [5, 5.41) is 8.65. The molecule has 0 bridgehead atoms. The Morgan fingerprint density at radius 2 is 1.42 bits per heavy atom. The van der Waals surface area contributed by atoms with Crippen molar-refractivity contribution in [3.8, 4) is 0 Å². The van der Waals surface area contributed by atoms with Crippen molar-refractivity contribution in [1.29, 1.82) is 0 Å². The second kappa shape index (κ2) is 5.39. The third-order valence-electron chi connectivity index (χ3n) is 3.51. The highest BCUT2D eigenvalue weighted by molar-refractivity contribution is 6.02. The Morgan fingerprint density at radius 3 is 2.00 bits per heavy atom. The van der Waals surface area contributed by atoms with Crippen LogP contribution in [0.25, 0.3) is 21.5 Å². The molecule has 0 saturated heterocycles. The molecule has 0 heterocycles. The molecule has 0 radical (unpaired) electrons. The van der Waals surface area contributed by atoms with Gasteiger partial charge in [-0.15, -0.1) is 0 Å². The van der Waals surface area contributed by atoms with E-state index in [0.29, 0.717) is 6.54 Å². The lowest BCUT2D eigenvalue weighted by molar-refractivity contribution is 0.700. The Balaban J connectivity index is 2.21. The first-order valence-corrected chi connectivity index (χ1v) is 6.70. The molecule has 3 aromatic carbocycles. The van der Waals surface area contributed by atoms with Crippen molar-refractivity contribution in [3.63, 3.8) is 0 Å². The van der Waals surface area contributed by atoms with Crippen molar-refractivity contribution in [2.24, 2.45) is 5.73 Å². The number of rotatable bonds is 4.